The number of amides is 1. The number of rotatable bonds is 5. The van der Waals surface area contributed by atoms with Gasteiger partial charge in [0.1, 0.15) is 6.04 Å². The Labute approximate surface area is 98.0 Å². The van der Waals surface area contributed by atoms with Gasteiger partial charge in [0.05, 0.1) is 12.3 Å². The fourth-order valence-electron chi connectivity index (χ4n) is 1.36. The molecule has 3 N–H and O–H groups in total. The molecular formula is C10H15N3O2S. The lowest BCUT2D eigenvalue weighted by Crippen LogP contribution is -2.39. The van der Waals surface area contributed by atoms with Gasteiger partial charge in [-0.25, -0.2) is 4.98 Å². The standard InChI is InChI=1S/C10H15N3O2S/c1-15-4-7(11)9(14)13-10-12-8(5-16-10)6-2-3-6/h5-7H,2-4,11H2,1H3,(H,12,13,14). The lowest BCUT2D eigenvalue weighted by Gasteiger charge is -2.08. The summed E-state index contributed by atoms with van der Waals surface area (Å²) in [5.74, 6) is 0.355. The number of nitrogens with two attached hydrogens (primary N) is 1. The Morgan fingerprint density at radius 2 is 2.56 bits per heavy atom. The van der Waals surface area contributed by atoms with Crippen molar-refractivity contribution in [3.63, 3.8) is 0 Å². The maximum atomic E-state index is 11.5. The van der Waals surface area contributed by atoms with Gasteiger partial charge in [-0.3, -0.25) is 4.79 Å². The van der Waals surface area contributed by atoms with Gasteiger partial charge >= 0.3 is 0 Å². The van der Waals surface area contributed by atoms with E-state index in [9.17, 15) is 4.79 Å². The van der Waals surface area contributed by atoms with Crippen LogP contribution in [0.2, 0.25) is 0 Å². The number of nitrogens with one attached hydrogen (secondary N) is 1. The predicted molar refractivity (Wildman–Crippen MR) is 62.6 cm³/mol. The van der Waals surface area contributed by atoms with E-state index in [2.05, 4.69) is 10.3 Å². The second kappa shape index (κ2) is 4.90. The molecular weight excluding hydrogens is 226 g/mol. The van der Waals surface area contributed by atoms with Crippen LogP contribution in [-0.4, -0.2) is 30.6 Å². The van der Waals surface area contributed by atoms with Crippen LogP contribution in [0.5, 0.6) is 0 Å². The summed E-state index contributed by atoms with van der Waals surface area (Å²) in [6.45, 7) is 0.215. The first-order valence-electron chi connectivity index (χ1n) is 5.21. The molecule has 0 spiro atoms. The van der Waals surface area contributed by atoms with Crippen LogP contribution in [0.3, 0.4) is 0 Å². The van der Waals surface area contributed by atoms with Gasteiger partial charge < -0.3 is 15.8 Å². The Hall–Kier alpha value is -0.980. The Bertz CT molecular complexity index is 376. The molecule has 1 fully saturated rings. The molecule has 16 heavy (non-hydrogen) atoms. The molecule has 2 rings (SSSR count). The van der Waals surface area contributed by atoms with E-state index in [0.717, 1.165) is 5.69 Å². The van der Waals surface area contributed by atoms with Crippen molar-refractivity contribution in [1.82, 2.24) is 4.98 Å². The molecule has 6 heteroatoms. The topological polar surface area (TPSA) is 77.2 Å². The zero-order valence-electron chi connectivity index (χ0n) is 9.10. The maximum absolute atomic E-state index is 11.5. The van der Waals surface area contributed by atoms with Crippen LogP contribution in [0.15, 0.2) is 5.38 Å². The fourth-order valence-corrected chi connectivity index (χ4v) is 2.16. The van der Waals surface area contributed by atoms with Crippen LogP contribution < -0.4 is 11.1 Å². The first kappa shape index (κ1) is 11.5. The van der Waals surface area contributed by atoms with Crippen LogP contribution in [0.4, 0.5) is 5.13 Å². The SMILES string of the molecule is COCC(N)C(=O)Nc1nc(C2CC2)cs1. The number of thiazole rings is 1. The quantitative estimate of drug-likeness (QED) is 0.804. The van der Waals surface area contributed by atoms with Crippen molar-refractivity contribution in [1.29, 1.82) is 0 Å². The molecule has 1 heterocycles. The third kappa shape index (κ3) is 2.78. The molecule has 1 atom stereocenters. The summed E-state index contributed by atoms with van der Waals surface area (Å²) >= 11 is 1.44. The molecule has 88 valence electrons. The Balaban J connectivity index is 1.89. The van der Waals surface area contributed by atoms with Gasteiger partial charge in [0, 0.05) is 18.4 Å². The summed E-state index contributed by atoms with van der Waals surface area (Å²) < 4.78 is 4.81. The van der Waals surface area contributed by atoms with Crippen molar-refractivity contribution in [2.45, 2.75) is 24.8 Å². The largest absolute Gasteiger partial charge is 0.383 e. The number of ether oxygens (including phenoxy) is 1. The third-order valence-corrected chi connectivity index (χ3v) is 3.21. The minimum Gasteiger partial charge on any atom is -0.383 e. The normalized spacial score (nSPS) is 17.1. The number of aromatic nitrogens is 1. The second-order valence-corrected chi connectivity index (χ2v) is 4.76. The zero-order valence-corrected chi connectivity index (χ0v) is 9.92. The number of hydrogen-bond donors (Lipinski definition) is 2. The summed E-state index contributed by atoms with van der Waals surface area (Å²) in [5.41, 5.74) is 6.68. The molecule has 0 radical (unpaired) electrons. The lowest BCUT2D eigenvalue weighted by atomic mass is 10.3. The van der Waals surface area contributed by atoms with E-state index in [1.165, 1.54) is 31.3 Å². The molecule has 1 aliphatic rings. The third-order valence-electron chi connectivity index (χ3n) is 2.43. The number of carbonyl (C=O) groups is 1. The van der Waals surface area contributed by atoms with Crippen LogP contribution >= 0.6 is 11.3 Å². The highest BCUT2D eigenvalue weighted by Gasteiger charge is 2.26. The highest BCUT2D eigenvalue weighted by atomic mass is 32.1. The van der Waals surface area contributed by atoms with Crippen LogP contribution in [0.25, 0.3) is 0 Å². The summed E-state index contributed by atoms with van der Waals surface area (Å²) in [7, 11) is 1.52. The van der Waals surface area contributed by atoms with Crippen LogP contribution in [0, 0.1) is 0 Å². The van der Waals surface area contributed by atoms with Gasteiger partial charge in [-0.05, 0) is 12.8 Å². The number of nitrogens with zero attached hydrogens (tertiary/aromatic N) is 1. The van der Waals surface area contributed by atoms with Crippen LogP contribution in [0.1, 0.15) is 24.5 Å². The van der Waals surface area contributed by atoms with Crippen LogP contribution in [-0.2, 0) is 9.53 Å². The molecule has 1 amide bonds. The Morgan fingerprint density at radius 3 is 3.19 bits per heavy atom. The smallest absolute Gasteiger partial charge is 0.245 e. The average Bonchev–Trinajstić information content (AvgIpc) is 3.01. The first-order valence-corrected chi connectivity index (χ1v) is 6.09. The van der Waals surface area contributed by atoms with Crippen molar-refractivity contribution in [3.8, 4) is 0 Å². The van der Waals surface area contributed by atoms with E-state index in [0.29, 0.717) is 11.0 Å². The minimum atomic E-state index is -0.640. The molecule has 1 aliphatic carbocycles. The second-order valence-electron chi connectivity index (χ2n) is 3.90. The molecule has 0 saturated heterocycles. The molecule has 1 saturated carbocycles. The van der Waals surface area contributed by atoms with Crippen molar-refractivity contribution in [3.05, 3.63) is 11.1 Å². The molecule has 1 aromatic heterocycles. The van der Waals surface area contributed by atoms with E-state index in [4.69, 9.17) is 10.5 Å². The Morgan fingerprint density at radius 1 is 1.81 bits per heavy atom. The Kier molecular flexibility index (Phi) is 3.52. The summed E-state index contributed by atoms with van der Waals surface area (Å²) in [6.07, 6.45) is 2.42. The highest BCUT2D eigenvalue weighted by molar-refractivity contribution is 7.13. The molecule has 5 nitrogen and oxygen atoms in total. The number of anilines is 1. The monoisotopic (exact) mass is 241 g/mol. The van der Waals surface area contributed by atoms with Gasteiger partial charge in [0.25, 0.3) is 0 Å². The van der Waals surface area contributed by atoms with Crippen molar-refractivity contribution >= 4 is 22.4 Å². The summed E-state index contributed by atoms with van der Waals surface area (Å²) in [6, 6.07) is -0.640. The number of methoxy groups -OCH3 is 1. The molecule has 1 unspecified atom stereocenters. The molecule has 0 aromatic carbocycles. The van der Waals surface area contributed by atoms with Gasteiger partial charge in [-0.1, -0.05) is 0 Å². The van der Waals surface area contributed by atoms with Crippen molar-refractivity contribution in [2.24, 2.45) is 5.73 Å². The first-order chi connectivity index (χ1) is 7.70. The van der Waals surface area contributed by atoms with Gasteiger partial charge in [0.15, 0.2) is 5.13 Å². The zero-order chi connectivity index (χ0) is 11.5. The highest BCUT2D eigenvalue weighted by Crippen LogP contribution is 2.40. The average molecular weight is 241 g/mol. The molecule has 1 aromatic rings. The van der Waals surface area contributed by atoms with E-state index in [1.807, 2.05) is 5.38 Å². The van der Waals surface area contributed by atoms with Gasteiger partial charge in [0.2, 0.25) is 5.91 Å². The number of hydrogen-bond acceptors (Lipinski definition) is 5. The van der Waals surface area contributed by atoms with Gasteiger partial charge in [-0.2, -0.15) is 0 Å². The van der Waals surface area contributed by atoms with Gasteiger partial charge in [-0.15, -0.1) is 11.3 Å². The van der Waals surface area contributed by atoms with Crippen molar-refractivity contribution < 1.29 is 9.53 Å². The summed E-state index contributed by atoms with van der Waals surface area (Å²) in [4.78, 5) is 15.9. The summed E-state index contributed by atoms with van der Waals surface area (Å²) in [5, 5.41) is 5.31. The van der Waals surface area contributed by atoms with E-state index < -0.39 is 6.04 Å². The van der Waals surface area contributed by atoms with E-state index >= 15 is 0 Å². The maximum Gasteiger partial charge on any atom is 0.245 e. The minimum absolute atomic E-state index is 0.215. The predicted octanol–water partition coefficient (Wildman–Crippen LogP) is 0.933. The molecule has 0 aliphatic heterocycles. The number of carbonyl (C=O) groups excluding carboxylic acids is 1. The van der Waals surface area contributed by atoms with E-state index in [1.54, 1.807) is 0 Å². The fraction of sp³-hybridized carbons (Fsp3) is 0.600. The lowest BCUT2D eigenvalue weighted by molar-refractivity contribution is -0.118. The molecule has 0 bridgehead atoms. The van der Waals surface area contributed by atoms with E-state index in [-0.39, 0.29) is 12.5 Å². The van der Waals surface area contributed by atoms with Crippen molar-refractivity contribution in [2.75, 3.05) is 19.0 Å².